The lowest BCUT2D eigenvalue weighted by atomic mass is 10.0. The number of hydrogen-bond acceptors (Lipinski definition) is 3. The third kappa shape index (κ3) is 6.15. The van der Waals surface area contributed by atoms with Gasteiger partial charge in [-0.2, -0.15) is 13.2 Å². The van der Waals surface area contributed by atoms with E-state index in [4.69, 9.17) is 4.74 Å². The summed E-state index contributed by atoms with van der Waals surface area (Å²) in [6.07, 6.45) is -3.48. The van der Waals surface area contributed by atoms with Gasteiger partial charge in [-0.3, -0.25) is 0 Å². The van der Waals surface area contributed by atoms with Gasteiger partial charge in [0.2, 0.25) is 0 Å². The molecule has 3 nitrogen and oxygen atoms in total. The molecule has 0 aromatic heterocycles. The van der Waals surface area contributed by atoms with Gasteiger partial charge in [-0.05, 0) is 48.7 Å². The molecule has 2 aromatic carbocycles. The topological polar surface area (TPSA) is 33.6 Å². The first-order valence-electron chi connectivity index (χ1n) is 9.03. The second kappa shape index (κ2) is 9.44. The molecule has 1 N–H and O–H groups in total. The average Bonchev–Trinajstić information content (AvgIpc) is 2.67. The van der Waals surface area contributed by atoms with Gasteiger partial charge in [0.15, 0.2) is 0 Å². The molecule has 28 heavy (non-hydrogen) atoms. The van der Waals surface area contributed by atoms with Crippen LogP contribution >= 0.6 is 0 Å². The van der Waals surface area contributed by atoms with Crippen LogP contribution in [0.2, 0.25) is 0 Å². The number of methoxy groups -OCH3 is 1. The highest BCUT2D eigenvalue weighted by molar-refractivity contribution is 6.01. The van der Waals surface area contributed by atoms with Crippen LogP contribution < -0.4 is 10.1 Å². The van der Waals surface area contributed by atoms with Crippen LogP contribution in [0, 0.1) is 5.92 Å². The van der Waals surface area contributed by atoms with Crippen molar-refractivity contribution in [1.82, 2.24) is 5.32 Å². The minimum absolute atomic E-state index is 0.130. The van der Waals surface area contributed by atoms with Crippen LogP contribution in [-0.4, -0.2) is 19.0 Å². The molecule has 2 aromatic rings. The summed E-state index contributed by atoms with van der Waals surface area (Å²) in [4.78, 5) is 3.83. The number of nitrogens with one attached hydrogen (secondary N) is 1. The SMILES string of the molecule is COc1ccc(N=C(/C=C(\NC(C)c2ccccc2)C(C)C)C(F)(F)F)cc1. The van der Waals surface area contributed by atoms with E-state index in [0.717, 1.165) is 11.6 Å². The Labute approximate surface area is 164 Å². The predicted molar refractivity (Wildman–Crippen MR) is 107 cm³/mol. The number of alkyl halides is 3. The van der Waals surface area contributed by atoms with Gasteiger partial charge in [0.25, 0.3) is 0 Å². The Bertz CT molecular complexity index is 810. The van der Waals surface area contributed by atoms with Gasteiger partial charge in [0.05, 0.1) is 12.8 Å². The minimum atomic E-state index is -4.57. The quantitative estimate of drug-likeness (QED) is 0.569. The molecule has 0 bridgehead atoms. The smallest absolute Gasteiger partial charge is 0.433 e. The Morgan fingerprint density at radius 1 is 1.00 bits per heavy atom. The van der Waals surface area contributed by atoms with Crippen LogP contribution in [0.4, 0.5) is 18.9 Å². The molecule has 0 fully saturated rings. The van der Waals surface area contributed by atoms with Crippen LogP contribution in [0.25, 0.3) is 0 Å². The van der Waals surface area contributed by atoms with E-state index in [0.29, 0.717) is 11.4 Å². The Hall–Kier alpha value is -2.76. The van der Waals surface area contributed by atoms with E-state index in [1.54, 1.807) is 12.1 Å². The van der Waals surface area contributed by atoms with E-state index in [1.807, 2.05) is 51.1 Å². The summed E-state index contributed by atoms with van der Waals surface area (Å²) in [5.74, 6) is 0.429. The van der Waals surface area contributed by atoms with E-state index >= 15 is 0 Å². The Kier molecular flexibility index (Phi) is 7.26. The third-order valence-electron chi connectivity index (χ3n) is 4.21. The zero-order valence-corrected chi connectivity index (χ0v) is 16.4. The van der Waals surface area contributed by atoms with Crippen molar-refractivity contribution in [2.45, 2.75) is 33.0 Å². The van der Waals surface area contributed by atoms with E-state index in [1.165, 1.54) is 19.2 Å². The van der Waals surface area contributed by atoms with Gasteiger partial charge < -0.3 is 10.1 Å². The van der Waals surface area contributed by atoms with Gasteiger partial charge in [-0.1, -0.05) is 44.2 Å². The molecule has 0 heterocycles. The number of ether oxygens (including phenoxy) is 1. The number of benzene rings is 2. The molecule has 2 rings (SSSR count). The summed E-state index contributed by atoms with van der Waals surface area (Å²) in [7, 11) is 1.50. The van der Waals surface area contributed by atoms with Crippen LogP contribution in [0.3, 0.4) is 0 Å². The van der Waals surface area contributed by atoms with Gasteiger partial charge >= 0.3 is 6.18 Å². The molecule has 0 aliphatic rings. The number of rotatable bonds is 7. The first-order valence-corrected chi connectivity index (χ1v) is 9.03. The van der Waals surface area contributed by atoms with E-state index in [9.17, 15) is 13.2 Å². The number of hydrogen-bond donors (Lipinski definition) is 1. The highest BCUT2D eigenvalue weighted by Crippen LogP contribution is 2.26. The fraction of sp³-hybridized carbons (Fsp3) is 0.318. The largest absolute Gasteiger partial charge is 0.497 e. The first-order chi connectivity index (χ1) is 13.2. The molecule has 0 amide bonds. The minimum Gasteiger partial charge on any atom is -0.497 e. The molecule has 0 aliphatic carbocycles. The van der Waals surface area contributed by atoms with Gasteiger partial charge in [-0.15, -0.1) is 0 Å². The molecule has 0 aliphatic heterocycles. The Morgan fingerprint density at radius 2 is 1.61 bits per heavy atom. The lowest BCUT2D eigenvalue weighted by Gasteiger charge is -2.22. The predicted octanol–water partition coefficient (Wildman–Crippen LogP) is 6.22. The normalized spacial score (nSPS) is 14.1. The van der Waals surface area contributed by atoms with Crippen molar-refractivity contribution in [3.8, 4) is 5.75 Å². The summed E-state index contributed by atoms with van der Waals surface area (Å²) < 4.78 is 45.9. The highest BCUT2D eigenvalue weighted by Gasteiger charge is 2.35. The van der Waals surface area contributed by atoms with Crippen molar-refractivity contribution >= 4 is 11.4 Å². The van der Waals surface area contributed by atoms with E-state index in [2.05, 4.69) is 10.3 Å². The molecule has 1 unspecified atom stereocenters. The van der Waals surface area contributed by atoms with Gasteiger partial charge in [0, 0.05) is 11.7 Å². The van der Waals surface area contributed by atoms with Crippen LogP contribution in [0.15, 0.2) is 71.4 Å². The van der Waals surface area contributed by atoms with Gasteiger partial charge in [0.1, 0.15) is 11.5 Å². The Balaban J connectivity index is 2.36. The Morgan fingerprint density at radius 3 is 2.11 bits per heavy atom. The molecule has 0 saturated carbocycles. The summed E-state index contributed by atoms with van der Waals surface area (Å²) in [6.45, 7) is 5.61. The molecule has 1 atom stereocenters. The lowest BCUT2D eigenvalue weighted by Crippen LogP contribution is -2.26. The van der Waals surface area contributed by atoms with Crippen molar-refractivity contribution in [3.05, 3.63) is 71.9 Å². The van der Waals surface area contributed by atoms with Gasteiger partial charge in [-0.25, -0.2) is 4.99 Å². The first kappa shape index (κ1) is 21.5. The van der Waals surface area contributed by atoms with Crippen molar-refractivity contribution in [1.29, 1.82) is 0 Å². The number of nitrogens with zero attached hydrogens (tertiary/aromatic N) is 1. The highest BCUT2D eigenvalue weighted by atomic mass is 19.4. The van der Waals surface area contributed by atoms with Crippen LogP contribution in [0.1, 0.15) is 32.4 Å². The molecule has 6 heteroatoms. The monoisotopic (exact) mass is 390 g/mol. The fourth-order valence-corrected chi connectivity index (χ4v) is 2.57. The zero-order chi connectivity index (χ0) is 20.7. The maximum Gasteiger partial charge on any atom is 0.433 e. The second-order valence-corrected chi connectivity index (χ2v) is 6.72. The van der Waals surface area contributed by atoms with E-state index in [-0.39, 0.29) is 17.6 Å². The summed E-state index contributed by atoms with van der Waals surface area (Å²) in [6, 6.07) is 15.6. The average molecular weight is 390 g/mol. The molecule has 0 spiro atoms. The maximum absolute atomic E-state index is 13.6. The number of allylic oxidation sites excluding steroid dienone is 2. The number of aliphatic imine (C=N–C) groups is 1. The van der Waals surface area contributed by atoms with Crippen LogP contribution in [0.5, 0.6) is 5.75 Å². The second-order valence-electron chi connectivity index (χ2n) is 6.72. The molecule has 150 valence electrons. The fourth-order valence-electron chi connectivity index (χ4n) is 2.57. The third-order valence-corrected chi connectivity index (χ3v) is 4.21. The molecule has 0 saturated heterocycles. The van der Waals surface area contributed by atoms with E-state index < -0.39 is 11.9 Å². The molecular formula is C22H25F3N2O. The van der Waals surface area contributed by atoms with Crippen LogP contribution in [-0.2, 0) is 0 Å². The standard InChI is InChI=1S/C22H25F3N2O/c1-15(2)20(26-16(3)17-8-6-5-7-9-17)14-21(22(23,24)25)27-18-10-12-19(28-4)13-11-18/h5-16,26H,1-4H3/b20-14-,27-21?. The summed E-state index contributed by atoms with van der Waals surface area (Å²) in [5, 5.41) is 3.20. The molecular weight excluding hydrogens is 365 g/mol. The maximum atomic E-state index is 13.6. The van der Waals surface area contributed by atoms with Crippen molar-refractivity contribution < 1.29 is 17.9 Å². The van der Waals surface area contributed by atoms with Crippen molar-refractivity contribution in [2.24, 2.45) is 10.9 Å². The molecule has 0 radical (unpaired) electrons. The zero-order valence-electron chi connectivity index (χ0n) is 16.4. The van der Waals surface area contributed by atoms with Crippen molar-refractivity contribution in [2.75, 3.05) is 7.11 Å². The summed E-state index contributed by atoms with van der Waals surface area (Å²) >= 11 is 0. The number of halogens is 3. The van der Waals surface area contributed by atoms with Crippen molar-refractivity contribution in [3.63, 3.8) is 0 Å². The summed E-state index contributed by atoms with van der Waals surface area (Å²) in [5.41, 5.74) is 0.730. The lowest BCUT2D eigenvalue weighted by molar-refractivity contribution is -0.0577.